The third-order valence-corrected chi connectivity index (χ3v) is 4.19. The summed E-state index contributed by atoms with van der Waals surface area (Å²) in [4.78, 5) is 4.08. The van der Waals surface area contributed by atoms with E-state index in [0.29, 0.717) is 18.7 Å². The molecule has 0 radical (unpaired) electrons. The average molecular weight is 326 g/mol. The Bertz CT molecular complexity index is 446. The normalized spacial score (nSPS) is 13.4. The fraction of sp³-hybridized carbons (Fsp3) is 0.588. The van der Waals surface area contributed by atoms with E-state index in [4.69, 9.17) is 9.84 Å². The molecule has 5 heteroatoms. The van der Waals surface area contributed by atoms with Crippen LogP contribution in [0.15, 0.2) is 29.3 Å². The number of aliphatic imine (C=N–C) groups is 1. The molecule has 4 nitrogen and oxygen atoms in total. The van der Waals surface area contributed by atoms with Crippen LogP contribution in [-0.2, 0) is 10.9 Å². The van der Waals surface area contributed by atoms with Crippen LogP contribution in [0.3, 0.4) is 0 Å². The van der Waals surface area contributed by atoms with Crippen molar-refractivity contribution in [3.05, 3.63) is 24.3 Å². The molecule has 0 aliphatic heterocycles. The molecule has 22 heavy (non-hydrogen) atoms. The van der Waals surface area contributed by atoms with Crippen LogP contribution < -0.4 is 9.84 Å². The Labute approximate surface area is 136 Å². The molecule has 0 aromatic heterocycles. The van der Waals surface area contributed by atoms with Crippen molar-refractivity contribution >= 4 is 22.5 Å². The van der Waals surface area contributed by atoms with Gasteiger partial charge in [0.25, 0.3) is 0 Å². The van der Waals surface area contributed by atoms with Gasteiger partial charge >= 0.3 is 0 Å². The molecule has 1 unspecified atom stereocenters. The molecule has 1 aromatic carbocycles. The summed E-state index contributed by atoms with van der Waals surface area (Å²) >= 11 is 0. The fourth-order valence-corrected chi connectivity index (χ4v) is 2.42. The summed E-state index contributed by atoms with van der Waals surface area (Å²) in [5.41, 5.74) is 0.665. The maximum absolute atomic E-state index is 11.7. The van der Waals surface area contributed by atoms with Crippen LogP contribution in [-0.4, -0.2) is 42.0 Å². The van der Waals surface area contributed by atoms with Crippen molar-refractivity contribution in [2.45, 2.75) is 38.7 Å². The van der Waals surface area contributed by atoms with E-state index in [1.54, 1.807) is 12.1 Å². The summed E-state index contributed by atoms with van der Waals surface area (Å²) in [5.74, 6) is 1.55. The minimum atomic E-state index is -0.178. The van der Waals surface area contributed by atoms with Crippen molar-refractivity contribution in [2.75, 3.05) is 24.9 Å². The lowest BCUT2D eigenvalue weighted by Crippen LogP contribution is -2.20. The number of ether oxygens (including phenoxy) is 1. The number of hydrogen-bond donors (Lipinski definition) is 0. The summed E-state index contributed by atoms with van der Waals surface area (Å²) in [6.45, 7) is 2.53. The highest BCUT2D eigenvalue weighted by Crippen LogP contribution is 2.18. The summed E-state index contributed by atoms with van der Waals surface area (Å²) in [5, 5.41) is 19.6. The molecule has 2 N–H and O–H groups in total. The predicted octanol–water partition coefficient (Wildman–Crippen LogP) is 2.01. The second-order valence-electron chi connectivity index (χ2n) is 5.59. The molecular formula is C17H28NO3S+. The van der Waals surface area contributed by atoms with E-state index < -0.39 is 0 Å². The van der Waals surface area contributed by atoms with Gasteiger partial charge in [-0.25, -0.2) is 0 Å². The molecule has 0 fully saturated rings. The third kappa shape index (κ3) is 8.29. The molecule has 0 amide bonds. The van der Waals surface area contributed by atoms with Gasteiger partial charge in [-0.3, -0.25) is 4.99 Å². The van der Waals surface area contributed by atoms with Gasteiger partial charge in [0.1, 0.15) is 11.5 Å². The van der Waals surface area contributed by atoms with E-state index in [1.807, 2.05) is 12.1 Å². The van der Waals surface area contributed by atoms with Crippen molar-refractivity contribution in [3.63, 3.8) is 0 Å². The van der Waals surface area contributed by atoms with E-state index in [-0.39, 0.29) is 22.9 Å². The SMILES string of the molecule is CCCCC([OH2+])COc1ccc(N=C([O-])CC[S+](C)C)cc1. The Kier molecular flexibility index (Phi) is 9.01. The Morgan fingerprint density at radius 2 is 2.00 bits per heavy atom. The van der Waals surface area contributed by atoms with Gasteiger partial charge in [-0.15, -0.1) is 0 Å². The minimum Gasteiger partial charge on any atom is -0.862 e. The second kappa shape index (κ2) is 10.5. The monoisotopic (exact) mass is 326 g/mol. The Morgan fingerprint density at radius 1 is 1.32 bits per heavy atom. The Balaban J connectivity index is 2.44. The lowest BCUT2D eigenvalue weighted by atomic mass is 10.2. The third-order valence-electron chi connectivity index (χ3n) is 3.17. The van der Waals surface area contributed by atoms with Crippen LogP contribution >= 0.6 is 0 Å². The van der Waals surface area contributed by atoms with E-state index in [9.17, 15) is 5.11 Å². The highest BCUT2D eigenvalue weighted by atomic mass is 32.2. The Hall–Kier alpha value is -1.20. The van der Waals surface area contributed by atoms with Gasteiger partial charge in [0.2, 0.25) is 0 Å². The van der Waals surface area contributed by atoms with Gasteiger partial charge in [-0.2, -0.15) is 0 Å². The fourth-order valence-electron chi connectivity index (χ4n) is 1.84. The molecule has 1 atom stereocenters. The summed E-state index contributed by atoms with van der Waals surface area (Å²) in [6, 6.07) is 7.19. The smallest absolute Gasteiger partial charge is 0.188 e. The maximum Gasteiger partial charge on any atom is 0.188 e. The van der Waals surface area contributed by atoms with Crippen LogP contribution in [0.25, 0.3) is 0 Å². The number of unbranched alkanes of at least 4 members (excludes halogenated alkanes) is 1. The van der Waals surface area contributed by atoms with E-state index in [0.717, 1.165) is 30.8 Å². The van der Waals surface area contributed by atoms with Gasteiger partial charge in [-0.05, 0) is 47.5 Å². The molecule has 0 bridgehead atoms. The topological polar surface area (TPSA) is 67.5 Å². The predicted molar refractivity (Wildman–Crippen MR) is 94.7 cm³/mol. The first-order valence-electron chi connectivity index (χ1n) is 7.74. The molecule has 1 aromatic rings. The molecule has 0 heterocycles. The van der Waals surface area contributed by atoms with Crippen LogP contribution in [0.4, 0.5) is 5.69 Å². The largest absolute Gasteiger partial charge is 0.862 e. The van der Waals surface area contributed by atoms with Gasteiger partial charge in [0.15, 0.2) is 12.7 Å². The van der Waals surface area contributed by atoms with Gasteiger partial charge in [0.05, 0.1) is 18.2 Å². The van der Waals surface area contributed by atoms with Crippen LogP contribution in [0.2, 0.25) is 0 Å². The summed E-state index contributed by atoms with van der Waals surface area (Å²) in [6.07, 6.45) is 7.62. The first-order valence-corrected chi connectivity index (χ1v) is 9.95. The molecule has 1 rings (SSSR count). The molecule has 0 spiro atoms. The Morgan fingerprint density at radius 3 is 2.59 bits per heavy atom. The summed E-state index contributed by atoms with van der Waals surface area (Å²) in [7, 11) is 0.274. The van der Waals surface area contributed by atoms with Crippen molar-refractivity contribution in [1.82, 2.24) is 0 Å². The van der Waals surface area contributed by atoms with Gasteiger partial charge in [0, 0.05) is 12.8 Å². The zero-order chi connectivity index (χ0) is 16.4. The van der Waals surface area contributed by atoms with Crippen molar-refractivity contribution in [2.24, 2.45) is 4.99 Å². The highest BCUT2D eigenvalue weighted by Gasteiger charge is 2.08. The maximum atomic E-state index is 11.7. The molecule has 0 aliphatic rings. The molecule has 0 aliphatic carbocycles. The number of benzene rings is 1. The van der Waals surface area contributed by atoms with E-state index in [2.05, 4.69) is 24.4 Å². The first kappa shape index (κ1) is 18.8. The lowest BCUT2D eigenvalue weighted by molar-refractivity contribution is -0.217. The number of nitrogens with zero attached hydrogens (tertiary/aromatic N) is 1. The van der Waals surface area contributed by atoms with Gasteiger partial charge < -0.3 is 14.9 Å². The highest BCUT2D eigenvalue weighted by molar-refractivity contribution is 7.95. The zero-order valence-electron chi connectivity index (χ0n) is 13.8. The number of hydrogen-bond acceptors (Lipinski definition) is 3. The van der Waals surface area contributed by atoms with E-state index in [1.165, 1.54) is 0 Å². The summed E-state index contributed by atoms with van der Waals surface area (Å²) < 4.78 is 5.59. The number of rotatable bonds is 10. The van der Waals surface area contributed by atoms with Crippen molar-refractivity contribution in [3.8, 4) is 5.75 Å². The van der Waals surface area contributed by atoms with Crippen LogP contribution in [0, 0.1) is 0 Å². The molecule has 0 saturated carbocycles. The molecular weight excluding hydrogens is 298 g/mol. The molecule has 124 valence electrons. The average Bonchev–Trinajstić information content (AvgIpc) is 2.50. The van der Waals surface area contributed by atoms with Crippen molar-refractivity contribution < 1.29 is 14.9 Å². The lowest BCUT2D eigenvalue weighted by Gasteiger charge is -2.11. The quantitative estimate of drug-likeness (QED) is 0.375. The minimum absolute atomic E-state index is 0.0688. The second-order valence-corrected chi connectivity index (χ2v) is 7.97. The van der Waals surface area contributed by atoms with Crippen molar-refractivity contribution in [1.29, 1.82) is 0 Å². The zero-order valence-corrected chi connectivity index (χ0v) is 14.6. The van der Waals surface area contributed by atoms with Crippen LogP contribution in [0.5, 0.6) is 5.75 Å². The van der Waals surface area contributed by atoms with Crippen LogP contribution in [0.1, 0.15) is 32.6 Å². The standard InChI is InChI=1S/C17H27NO3S/c1-4-5-6-15(19)13-21-16-9-7-14(8-10-16)18-17(20)11-12-22(2)3/h7-10,15,19H,4-6,11-13H2,1-3H3/p+1. The first-order chi connectivity index (χ1) is 10.5. The van der Waals surface area contributed by atoms with Gasteiger partial charge in [-0.1, -0.05) is 13.3 Å². The molecule has 0 saturated heterocycles. The van der Waals surface area contributed by atoms with E-state index >= 15 is 0 Å².